The quantitative estimate of drug-likeness (QED) is 0.318. The molecule has 0 spiro atoms. The minimum absolute atomic E-state index is 0. The van der Waals surface area contributed by atoms with Crippen molar-refractivity contribution in [2.75, 3.05) is 0 Å². The van der Waals surface area contributed by atoms with Crippen LogP contribution in [0.1, 0.15) is 13.8 Å². The average molecular weight is 98.9 g/mol. The van der Waals surface area contributed by atoms with Gasteiger partial charge < -0.3 is 10.0 Å². The molecule has 0 aliphatic rings. The van der Waals surface area contributed by atoms with Crippen molar-refractivity contribution >= 4 is 7.69 Å². The Bertz CT molecular complexity index is 55.8. The molecule has 0 unspecified atom stereocenters. The highest BCUT2D eigenvalue weighted by atomic mass is 16.4. The zero-order chi connectivity index (χ0) is 6.12. The van der Waals surface area contributed by atoms with Gasteiger partial charge in [0.05, 0.1) is 0 Å². The highest BCUT2D eigenvalue weighted by Crippen LogP contribution is 1.39. The Morgan fingerprint density at radius 2 is 1.29 bits per heavy atom. The van der Waals surface area contributed by atoms with Gasteiger partial charge in [-0.1, -0.05) is 0 Å². The van der Waals surface area contributed by atoms with Gasteiger partial charge in [0.1, 0.15) is 0 Å². The summed E-state index contributed by atoms with van der Waals surface area (Å²) in [5, 5.41) is 14.0. The summed E-state index contributed by atoms with van der Waals surface area (Å²) >= 11 is 0. The van der Waals surface area contributed by atoms with E-state index in [9.17, 15) is 0 Å². The Morgan fingerprint density at radius 3 is 1.29 bits per heavy atom. The lowest BCUT2D eigenvalue weighted by molar-refractivity contribution is 0.448. The number of hydrogen-bond donors (Lipinski definition) is 2. The third kappa shape index (κ3) is 235. The topological polar surface area (TPSA) is 40.5 Å². The summed E-state index contributed by atoms with van der Waals surface area (Å²) in [7, 11) is 0. The third-order valence-electron chi connectivity index (χ3n) is 0.250. The zero-order valence-electron chi connectivity index (χ0n) is 4.47. The van der Waals surface area contributed by atoms with Crippen LogP contribution in [0.4, 0.5) is 0 Å². The van der Waals surface area contributed by atoms with E-state index >= 15 is 0 Å². The Morgan fingerprint density at radius 1 is 1.14 bits per heavy atom. The summed E-state index contributed by atoms with van der Waals surface area (Å²) in [6.07, 6.45) is 0. The molecule has 0 heterocycles. The predicted octanol–water partition coefficient (Wildman–Crippen LogP) is -0.465. The second kappa shape index (κ2) is 17.7. The van der Waals surface area contributed by atoms with Gasteiger partial charge >= 0.3 is 7.69 Å². The second-order valence-electron chi connectivity index (χ2n) is 0.615. The minimum atomic E-state index is 0. The fourth-order valence-electron chi connectivity index (χ4n) is 0. The Kier molecular flexibility index (Phi) is 24.6. The molecule has 39 valence electrons. The van der Waals surface area contributed by atoms with Gasteiger partial charge in [0.25, 0.3) is 0 Å². The highest BCUT2D eigenvalue weighted by Gasteiger charge is 1.51. The van der Waals surface area contributed by atoms with Crippen LogP contribution < -0.4 is 0 Å². The molecule has 0 saturated heterocycles. The van der Waals surface area contributed by atoms with E-state index in [2.05, 4.69) is 11.8 Å². The normalized spacial score (nSPS) is 4.00. The SMILES string of the molecule is CC#CC.O[B]O. The smallest absolute Gasteiger partial charge is 0.429 e. The van der Waals surface area contributed by atoms with E-state index in [-0.39, 0.29) is 7.69 Å². The molecule has 0 rings (SSSR count). The monoisotopic (exact) mass is 99.1 g/mol. The molecular weight excluding hydrogens is 90.9 g/mol. The molecule has 0 atom stereocenters. The third-order valence-corrected chi connectivity index (χ3v) is 0.250. The number of hydrogen-bond acceptors (Lipinski definition) is 2. The van der Waals surface area contributed by atoms with Crippen molar-refractivity contribution in [3.05, 3.63) is 0 Å². The van der Waals surface area contributed by atoms with Crippen molar-refractivity contribution in [3.8, 4) is 11.8 Å². The second-order valence-corrected chi connectivity index (χ2v) is 0.615. The maximum absolute atomic E-state index is 7.00. The molecule has 0 fully saturated rings. The predicted molar refractivity (Wildman–Crippen MR) is 29.3 cm³/mol. The molecule has 0 aliphatic heterocycles. The van der Waals surface area contributed by atoms with Crippen LogP contribution in [-0.4, -0.2) is 17.7 Å². The number of rotatable bonds is 0. The van der Waals surface area contributed by atoms with E-state index in [1.54, 1.807) is 0 Å². The molecular formula is C4H8BO2. The summed E-state index contributed by atoms with van der Waals surface area (Å²) in [5.74, 6) is 5.36. The molecule has 1 radical (unpaired) electrons. The van der Waals surface area contributed by atoms with Crippen molar-refractivity contribution in [1.29, 1.82) is 0 Å². The first-order valence-electron chi connectivity index (χ1n) is 1.77. The van der Waals surface area contributed by atoms with Crippen molar-refractivity contribution in [1.82, 2.24) is 0 Å². The first kappa shape index (κ1) is 9.74. The maximum atomic E-state index is 7.00. The molecule has 2 nitrogen and oxygen atoms in total. The maximum Gasteiger partial charge on any atom is 0.482 e. The standard InChI is InChI=1S/C4H6.BH2O2/c1-3-4-2;2-1-3/h1-2H3;2-3H. The lowest BCUT2D eigenvalue weighted by atomic mass is 10.5. The fourth-order valence-corrected chi connectivity index (χ4v) is 0. The lowest BCUT2D eigenvalue weighted by Gasteiger charge is -1.46. The van der Waals surface area contributed by atoms with Crippen LogP contribution in [0.15, 0.2) is 0 Å². The van der Waals surface area contributed by atoms with Crippen molar-refractivity contribution in [3.63, 3.8) is 0 Å². The Labute approximate surface area is 44.5 Å². The Balaban J connectivity index is 0. The highest BCUT2D eigenvalue weighted by molar-refractivity contribution is 6.13. The largest absolute Gasteiger partial charge is 0.482 e. The molecule has 0 aliphatic carbocycles. The molecule has 7 heavy (non-hydrogen) atoms. The van der Waals surface area contributed by atoms with E-state index < -0.39 is 0 Å². The summed E-state index contributed by atoms with van der Waals surface area (Å²) in [6, 6.07) is 0. The van der Waals surface area contributed by atoms with E-state index in [0.717, 1.165) is 0 Å². The van der Waals surface area contributed by atoms with Gasteiger partial charge in [0.2, 0.25) is 0 Å². The van der Waals surface area contributed by atoms with Gasteiger partial charge in [-0.3, -0.25) is 0 Å². The summed E-state index contributed by atoms with van der Waals surface area (Å²) < 4.78 is 0. The summed E-state index contributed by atoms with van der Waals surface area (Å²) in [6.45, 7) is 3.64. The van der Waals surface area contributed by atoms with Crippen LogP contribution in [0.2, 0.25) is 0 Å². The van der Waals surface area contributed by atoms with E-state index in [0.29, 0.717) is 0 Å². The summed E-state index contributed by atoms with van der Waals surface area (Å²) in [4.78, 5) is 0. The first-order chi connectivity index (χ1) is 3.33. The first-order valence-corrected chi connectivity index (χ1v) is 1.77. The molecule has 0 aromatic rings. The molecule has 0 saturated carbocycles. The minimum Gasteiger partial charge on any atom is -0.429 e. The van der Waals surface area contributed by atoms with Gasteiger partial charge in [-0.25, -0.2) is 0 Å². The molecule has 0 aromatic heterocycles. The zero-order valence-corrected chi connectivity index (χ0v) is 4.47. The lowest BCUT2D eigenvalue weighted by Crippen LogP contribution is -1.75. The van der Waals surface area contributed by atoms with Gasteiger partial charge in [-0.15, -0.1) is 11.8 Å². The van der Waals surface area contributed by atoms with Gasteiger partial charge in [0.15, 0.2) is 0 Å². The molecule has 0 bridgehead atoms. The van der Waals surface area contributed by atoms with Crippen molar-refractivity contribution < 1.29 is 10.0 Å². The molecule has 3 heteroatoms. The van der Waals surface area contributed by atoms with Crippen LogP contribution in [0.25, 0.3) is 0 Å². The van der Waals surface area contributed by atoms with Crippen LogP contribution in [0.5, 0.6) is 0 Å². The van der Waals surface area contributed by atoms with Crippen molar-refractivity contribution in [2.24, 2.45) is 0 Å². The average Bonchev–Trinajstić information content (AvgIpc) is 1.69. The molecule has 0 amide bonds. The van der Waals surface area contributed by atoms with E-state index in [1.165, 1.54) is 0 Å². The van der Waals surface area contributed by atoms with Crippen LogP contribution >= 0.6 is 0 Å². The van der Waals surface area contributed by atoms with Crippen molar-refractivity contribution in [2.45, 2.75) is 13.8 Å². The van der Waals surface area contributed by atoms with Crippen LogP contribution in [0, 0.1) is 11.8 Å². The molecule has 0 aromatic carbocycles. The van der Waals surface area contributed by atoms with E-state index in [4.69, 9.17) is 10.0 Å². The van der Waals surface area contributed by atoms with Gasteiger partial charge in [-0.2, -0.15) is 0 Å². The van der Waals surface area contributed by atoms with Gasteiger partial charge in [-0.05, 0) is 13.8 Å². The van der Waals surface area contributed by atoms with E-state index in [1.807, 2.05) is 13.8 Å². The van der Waals surface area contributed by atoms with Crippen LogP contribution in [-0.2, 0) is 0 Å². The fraction of sp³-hybridized carbons (Fsp3) is 0.500. The summed E-state index contributed by atoms with van der Waals surface area (Å²) in [5.41, 5.74) is 0. The van der Waals surface area contributed by atoms with Crippen LogP contribution in [0.3, 0.4) is 0 Å². The Hall–Kier alpha value is -0.455. The van der Waals surface area contributed by atoms with Gasteiger partial charge in [0, 0.05) is 0 Å². The molecule has 2 N–H and O–H groups in total.